The number of hydrogen-bond donors (Lipinski definition) is 1. The first-order chi connectivity index (χ1) is 9.70. The molecule has 5 heteroatoms. The molecule has 4 nitrogen and oxygen atoms in total. The average molecular weight is 295 g/mol. The van der Waals surface area contributed by atoms with Crippen LogP contribution in [0.5, 0.6) is 0 Å². The molecule has 0 spiro atoms. The van der Waals surface area contributed by atoms with Crippen molar-refractivity contribution in [2.24, 2.45) is 5.92 Å². The molecule has 1 heterocycles. The molecule has 0 aliphatic carbocycles. The van der Waals surface area contributed by atoms with Crippen molar-refractivity contribution in [1.29, 1.82) is 0 Å². The molecule has 1 unspecified atom stereocenters. The highest BCUT2D eigenvalue weighted by molar-refractivity contribution is 6.17. The number of para-hydroxylation sites is 1. The summed E-state index contributed by atoms with van der Waals surface area (Å²) >= 11 is 5.55. The predicted octanol–water partition coefficient (Wildman–Crippen LogP) is 2.17. The number of nitrogens with one attached hydrogen (secondary N) is 1. The Kier molecular flexibility index (Phi) is 5.41. The minimum absolute atomic E-state index is 0.0104. The Morgan fingerprint density at radius 2 is 2.10 bits per heavy atom. The van der Waals surface area contributed by atoms with Crippen molar-refractivity contribution in [3.05, 3.63) is 30.3 Å². The molecule has 0 aromatic heterocycles. The van der Waals surface area contributed by atoms with E-state index in [1.807, 2.05) is 30.3 Å². The van der Waals surface area contributed by atoms with Crippen LogP contribution in [0.3, 0.4) is 0 Å². The maximum absolute atomic E-state index is 12.0. The van der Waals surface area contributed by atoms with Crippen molar-refractivity contribution < 1.29 is 9.59 Å². The Morgan fingerprint density at radius 3 is 2.80 bits per heavy atom. The smallest absolute Gasteiger partial charge is 0.227 e. The van der Waals surface area contributed by atoms with Crippen LogP contribution in [0.1, 0.15) is 19.3 Å². The number of amides is 2. The van der Waals surface area contributed by atoms with Gasteiger partial charge >= 0.3 is 0 Å². The number of carbonyl (C=O) groups is 2. The van der Waals surface area contributed by atoms with Crippen LogP contribution < -0.4 is 10.2 Å². The van der Waals surface area contributed by atoms with E-state index in [0.717, 1.165) is 5.69 Å². The van der Waals surface area contributed by atoms with Crippen LogP contribution in [-0.4, -0.2) is 30.8 Å². The average Bonchev–Trinajstić information content (AvgIpc) is 2.85. The Labute approximate surface area is 124 Å². The maximum atomic E-state index is 12.0. The third kappa shape index (κ3) is 3.97. The molecule has 1 aliphatic heterocycles. The largest absolute Gasteiger partial charge is 0.356 e. The van der Waals surface area contributed by atoms with E-state index in [1.54, 1.807) is 4.90 Å². The van der Waals surface area contributed by atoms with E-state index in [4.69, 9.17) is 11.6 Å². The molecule has 1 aromatic carbocycles. The maximum Gasteiger partial charge on any atom is 0.227 e. The number of carbonyl (C=O) groups excluding carboxylic acids is 2. The Hall–Kier alpha value is -1.55. The van der Waals surface area contributed by atoms with Crippen LogP contribution in [-0.2, 0) is 9.59 Å². The highest BCUT2D eigenvalue weighted by Gasteiger charge is 2.30. The van der Waals surface area contributed by atoms with Gasteiger partial charge in [-0.15, -0.1) is 11.6 Å². The summed E-state index contributed by atoms with van der Waals surface area (Å²) in [5, 5.41) is 2.88. The van der Waals surface area contributed by atoms with E-state index in [0.29, 0.717) is 38.2 Å². The number of hydrogen-bond acceptors (Lipinski definition) is 2. The van der Waals surface area contributed by atoms with E-state index in [9.17, 15) is 9.59 Å². The fraction of sp³-hybridized carbons (Fsp3) is 0.467. The van der Waals surface area contributed by atoms with Gasteiger partial charge in [-0.25, -0.2) is 0 Å². The van der Waals surface area contributed by atoms with E-state index >= 15 is 0 Å². The number of rotatable bonds is 6. The summed E-state index contributed by atoms with van der Waals surface area (Å²) in [6, 6.07) is 9.63. The lowest BCUT2D eigenvalue weighted by Gasteiger charge is -2.16. The number of anilines is 1. The van der Waals surface area contributed by atoms with Gasteiger partial charge in [0.05, 0.1) is 0 Å². The van der Waals surface area contributed by atoms with Gasteiger partial charge in [0.15, 0.2) is 0 Å². The molecule has 0 bridgehead atoms. The normalized spacial score (nSPS) is 18.4. The highest BCUT2D eigenvalue weighted by Crippen LogP contribution is 2.24. The molecular weight excluding hydrogens is 276 g/mol. The minimum Gasteiger partial charge on any atom is -0.356 e. The van der Waals surface area contributed by atoms with Crippen LogP contribution >= 0.6 is 11.6 Å². The van der Waals surface area contributed by atoms with Gasteiger partial charge in [-0.05, 0) is 18.6 Å². The first-order valence-corrected chi connectivity index (χ1v) is 7.42. The summed E-state index contributed by atoms with van der Waals surface area (Å²) < 4.78 is 0. The summed E-state index contributed by atoms with van der Waals surface area (Å²) in [7, 11) is 0. The molecule has 1 aromatic rings. The van der Waals surface area contributed by atoms with Crippen LogP contribution in [0.2, 0.25) is 0 Å². The quantitative estimate of drug-likeness (QED) is 0.818. The predicted molar refractivity (Wildman–Crippen MR) is 79.9 cm³/mol. The summed E-state index contributed by atoms with van der Waals surface area (Å²) in [5.74, 6) is 0.812. The van der Waals surface area contributed by atoms with Gasteiger partial charge in [-0.2, -0.15) is 0 Å². The van der Waals surface area contributed by atoms with E-state index in [-0.39, 0.29) is 17.7 Å². The van der Waals surface area contributed by atoms with Crippen molar-refractivity contribution >= 4 is 29.1 Å². The molecular formula is C15H19ClN2O2. The molecule has 108 valence electrons. The fourth-order valence-electron chi connectivity index (χ4n) is 2.35. The Morgan fingerprint density at radius 1 is 1.35 bits per heavy atom. The fourth-order valence-corrected chi connectivity index (χ4v) is 2.48. The number of nitrogens with zero attached hydrogens (tertiary/aromatic N) is 1. The Bertz CT molecular complexity index is 464. The first-order valence-electron chi connectivity index (χ1n) is 6.89. The second-order valence-electron chi connectivity index (χ2n) is 5.01. The van der Waals surface area contributed by atoms with Crippen LogP contribution in [0, 0.1) is 5.92 Å². The second kappa shape index (κ2) is 7.29. The molecule has 1 N–H and O–H groups in total. The minimum atomic E-state index is 0.0104. The summed E-state index contributed by atoms with van der Waals surface area (Å²) in [6.45, 7) is 1.22. The zero-order valence-corrected chi connectivity index (χ0v) is 12.1. The second-order valence-corrected chi connectivity index (χ2v) is 5.38. The molecule has 0 radical (unpaired) electrons. The van der Waals surface area contributed by atoms with Crippen molar-refractivity contribution in [3.63, 3.8) is 0 Å². The lowest BCUT2D eigenvalue weighted by molar-refractivity contribution is -0.121. The molecule has 2 amide bonds. The molecule has 2 rings (SSSR count). The van der Waals surface area contributed by atoms with E-state index in [1.165, 1.54) is 0 Å². The van der Waals surface area contributed by atoms with Crippen LogP contribution in [0.15, 0.2) is 30.3 Å². The Balaban J connectivity index is 1.82. The lowest BCUT2D eigenvalue weighted by Crippen LogP contribution is -2.31. The van der Waals surface area contributed by atoms with Crippen molar-refractivity contribution in [1.82, 2.24) is 5.32 Å². The van der Waals surface area contributed by atoms with Gasteiger partial charge in [-0.3, -0.25) is 9.59 Å². The van der Waals surface area contributed by atoms with Crippen molar-refractivity contribution in [2.75, 3.05) is 23.9 Å². The van der Waals surface area contributed by atoms with E-state index < -0.39 is 0 Å². The highest BCUT2D eigenvalue weighted by atomic mass is 35.5. The zero-order valence-electron chi connectivity index (χ0n) is 11.3. The van der Waals surface area contributed by atoms with Gasteiger partial charge in [0, 0.05) is 43.4 Å². The third-order valence-corrected chi connectivity index (χ3v) is 3.67. The number of benzene rings is 1. The monoisotopic (exact) mass is 294 g/mol. The molecule has 1 fully saturated rings. The van der Waals surface area contributed by atoms with Crippen LogP contribution in [0.25, 0.3) is 0 Å². The number of alkyl halides is 1. The molecule has 1 atom stereocenters. The van der Waals surface area contributed by atoms with Crippen LogP contribution in [0.4, 0.5) is 5.69 Å². The van der Waals surface area contributed by atoms with Gasteiger partial charge in [-0.1, -0.05) is 18.2 Å². The summed E-state index contributed by atoms with van der Waals surface area (Å²) in [5.41, 5.74) is 0.925. The van der Waals surface area contributed by atoms with Crippen molar-refractivity contribution in [3.8, 4) is 0 Å². The van der Waals surface area contributed by atoms with Gasteiger partial charge in [0.25, 0.3) is 0 Å². The zero-order chi connectivity index (χ0) is 14.4. The van der Waals surface area contributed by atoms with Gasteiger partial charge < -0.3 is 10.2 Å². The molecule has 0 saturated carbocycles. The van der Waals surface area contributed by atoms with Crippen molar-refractivity contribution in [2.45, 2.75) is 19.3 Å². The third-order valence-electron chi connectivity index (χ3n) is 3.40. The first kappa shape index (κ1) is 14.9. The molecule has 20 heavy (non-hydrogen) atoms. The standard InChI is InChI=1S/C15H19ClN2O2/c16-8-4-7-14(19)17-10-12-9-15(20)18(11-12)13-5-2-1-3-6-13/h1-3,5-6,12H,4,7-11H2,(H,17,19). The lowest BCUT2D eigenvalue weighted by atomic mass is 10.1. The van der Waals surface area contributed by atoms with Gasteiger partial charge in [0.2, 0.25) is 11.8 Å². The van der Waals surface area contributed by atoms with Gasteiger partial charge in [0.1, 0.15) is 0 Å². The number of halogens is 1. The molecule has 1 aliphatic rings. The topological polar surface area (TPSA) is 49.4 Å². The molecule has 1 saturated heterocycles. The summed E-state index contributed by atoms with van der Waals surface area (Å²) in [6.07, 6.45) is 1.63. The SMILES string of the molecule is O=C(CCCCl)NCC1CC(=O)N(c2ccccc2)C1. The summed E-state index contributed by atoms with van der Waals surface area (Å²) in [4.78, 5) is 25.3. The van der Waals surface area contributed by atoms with E-state index in [2.05, 4.69) is 5.32 Å².